The van der Waals surface area contributed by atoms with E-state index in [1.807, 2.05) is 0 Å². The Morgan fingerprint density at radius 3 is 2.44 bits per heavy atom. The summed E-state index contributed by atoms with van der Waals surface area (Å²) in [5, 5.41) is 4.06. The molecule has 0 bridgehead atoms. The summed E-state index contributed by atoms with van der Waals surface area (Å²) in [4.78, 5) is 7.08. The molecule has 1 atom stereocenters. The highest BCUT2D eigenvalue weighted by atomic mass is 16.5. The monoisotopic (exact) mass is 249 g/mol. The van der Waals surface area contributed by atoms with Crippen molar-refractivity contribution in [2.24, 2.45) is 5.92 Å². The van der Waals surface area contributed by atoms with E-state index in [1.54, 1.807) is 0 Å². The molecule has 2 aliphatic carbocycles. The molecule has 1 aromatic heterocycles. The minimum absolute atomic E-state index is 0.345. The Bertz CT molecular complexity index is 407. The Hall–Kier alpha value is -0.900. The lowest BCUT2D eigenvalue weighted by Crippen LogP contribution is -2.36. The van der Waals surface area contributed by atoms with Crippen LogP contribution in [-0.4, -0.2) is 27.1 Å². The molecule has 0 N–H and O–H groups in total. The predicted octanol–water partition coefficient (Wildman–Crippen LogP) is 2.96. The molecule has 2 aliphatic rings. The van der Waals surface area contributed by atoms with Crippen LogP contribution in [0.3, 0.4) is 0 Å². The Morgan fingerprint density at radius 1 is 1.22 bits per heavy atom. The second kappa shape index (κ2) is 4.65. The van der Waals surface area contributed by atoms with Crippen LogP contribution in [0.1, 0.15) is 64.1 Å². The molecule has 100 valence electrons. The molecule has 0 spiro atoms. The molecule has 2 saturated carbocycles. The van der Waals surface area contributed by atoms with E-state index in [9.17, 15) is 0 Å². The molecule has 2 fully saturated rings. The van der Waals surface area contributed by atoms with Crippen molar-refractivity contribution in [1.29, 1.82) is 0 Å². The molecular weight excluding hydrogens is 226 g/mol. The van der Waals surface area contributed by atoms with Crippen LogP contribution in [0, 0.1) is 5.92 Å². The zero-order valence-electron chi connectivity index (χ0n) is 11.6. The number of nitrogens with zero attached hydrogens (tertiary/aromatic N) is 3. The van der Waals surface area contributed by atoms with Crippen LogP contribution < -0.4 is 0 Å². The van der Waals surface area contributed by atoms with Gasteiger partial charge in [-0.3, -0.25) is 4.90 Å². The molecule has 4 heteroatoms. The molecule has 3 rings (SSSR count). The third-order valence-corrected chi connectivity index (χ3v) is 4.16. The van der Waals surface area contributed by atoms with Gasteiger partial charge in [0.15, 0.2) is 5.82 Å². The van der Waals surface area contributed by atoms with Crippen LogP contribution in [-0.2, 0) is 6.54 Å². The van der Waals surface area contributed by atoms with Crippen LogP contribution in [0.15, 0.2) is 4.52 Å². The minimum atomic E-state index is 0.345. The third kappa shape index (κ3) is 2.58. The van der Waals surface area contributed by atoms with Gasteiger partial charge in [-0.1, -0.05) is 19.0 Å². The van der Waals surface area contributed by atoms with Crippen molar-refractivity contribution in [1.82, 2.24) is 15.0 Å². The molecular formula is C14H23N3O. The largest absolute Gasteiger partial charge is 0.338 e. The van der Waals surface area contributed by atoms with Crippen LogP contribution >= 0.6 is 0 Å². The van der Waals surface area contributed by atoms with Gasteiger partial charge in [0.2, 0.25) is 5.89 Å². The zero-order valence-corrected chi connectivity index (χ0v) is 11.6. The molecule has 0 saturated heterocycles. The van der Waals surface area contributed by atoms with E-state index < -0.39 is 0 Å². The van der Waals surface area contributed by atoms with Crippen molar-refractivity contribution in [2.75, 3.05) is 0 Å². The first-order valence-corrected chi connectivity index (χ1v) is 7.23. The molecule has 0 aliphatic heterocycles. The summed E-state index contributed by atoms with van der Waals surface area (Å²) in [6, 6.07) is 1.43. The number of hydrogen-bond acceptors (Lipinski definition) is 4. The van der Waals surface area contributed by atoms with E-state index in [2.05, 4.69) is 35.8 Å². The predicted molar refractivity (Wildman–Crippen MR) is 69.1 cm³/mol. The Kier molecular flexibility index (Phi) is 3.14. The maximum atomic E-state index is 5.38. The van der Waals surface area contributed by atoms with E-state index in [1.165, 1.54) is 25.7 Å². The lowest BCUT2D eigenvalue weighted by atomic mass is 10.2. The highest BCUT2D eigenvalue weighted by molar-refractivity contribution is 4.97. The standard InChI is InChI=1S/C14H23N3O/c1-9(2)14-15-13(18-16-14)8-17(12-6-7-12)10(3)11-4-5-11/h9-12H,4-8H2,1-3H3/t10-/m1/s1. The average molecular weight is 249 g/mol. The lowest BCUT2D eigenvalue weighted by Gasteiger charge is -2.27. The van der Waals surface area contributed by atoms with E-state index in [0.29, 0.717) is 12.0 Å². The quantitative estimate of drug-likeness (QED) is 0.777. The van der Waals surface area contributed by atoms with Crippen LogP contribution in [0.5, 0.6) is 0 Å². The van der Waals surface area contributed by atoms with Gasteiger partial charge < -0.3 is 4.52 Å². The van der Waals surface area contributed by atoms with Crippen LogP contribution in [0.2, 0.25) is 0 Å². The summed E-state index contributed by atoms with van der Waals surface area (Å²) in [5.74, 6) is 2.87. The van der Waals surface area contributed by atoms with Crippen molar-refractivity contribution in [3.63, 3.8) is 0 Å². The lowest BCUT2D eigenvalue weighted by molar-refractivity contribution is 0.149. The average Bonchev–Trinajstić information content (AvgIpc) is 3.23. The Morgan fingerprint density at radius 2 is 1.94 bits per heavy atom. The van der Waals surface area contributed by atoms with E-state index in [-0.39, 0.29) is 0 Å². The smallest absolute Gasteiger partial charge is 0.240 e. The molecule has 1 heterocycles. The normalized spacial score (nSPS) is 21.8. The molecule has 0 unspecified atom stereocenters. The molecule has 4 nitrogen and oxygen atoms in total. The number of rotatable bonds is 6. The van der Waals surface area contributed by atoms with Crippen molar-refractivity contribution in [3.05, 3.63) is 11.7 Å². The van der Waals surface area contributed by atoms with Gasteiger partial charge in [0.25, 0.3) is 0 Å². The topological polar surface area (TPSA) is 42.2 Å². The first kappa shape index (κ1) is 12.2. The summed E-state index contributed by atoms with van der Waals surface area (Å²) < 4.78 is 5.38. The first-order valence-electron chi connectivity index (χ1n) is 7.23. The van der Waals surface area contributed by atoms with E-state index in [0.717, 1.165) is 30.2 Å². The van der Waals surface area contributed by atoms with E-state index in [4.69, 9.17) is 4.52 Å². The fourth-order valence-electron chi connectivity index (χ4n) is 2.58. The summed E-state index contributed by atoms with van der Waals surface area (Å²) in [6.07, 6.45) is 5.46. The fourth-order valence-corrected chi connectivity index (χ4v) is 2.58. The maximum absolute atomic E-state index is 5.38. The summed E-state index contributed by atoms with van der Waals surface area (Å²) >= 11 is 0. The Labute approximate surface area is 109 Å². The van der Waals surface area contributed by atoms with Crippen molar-refractivity contribution < 1.29 is 4.52 Å². The van der Waals surface area contributed by atoms with Gasteiger partial charge in [0.1, 0.15) is 0 Å². The molecule has 18 heavy (non-hydrogen) atoms. The highest BCUT2D eigenvalue weighted by Gasteiger charge is 2.39. The van der Waals surface area contributed by atoms with Gasteiger partial charge >= 0.3 is 0 Å². The van der Waals surface area contributed by atoms with Crippen molar-refractivity contribution >= 4 is 0 Å². The van der Waals surface area contributed by atoms with Gasteiger partial charge in [-0.05, 0) is 38.5 Å². The molecule has 1 aromatic rings. The molecule has 0 aromatic carbocycles. The van der Waals surface area contributed by atoms with Gasteiger partial charge in [-0.15, -0.1) is 0 Å². The Balaban J connectivity index is 1.67. The van der Waals surface area contributed by atoms with Gasteiger partial charge in [-0.25, -0.2) is 0 Å². The molecule has 0 radical (unpaired) electrons. The SMILES string of the molecule is CC(C)c1noc(CN(C2CC2)[C@H](C)C2CC2)n1. The van der Waals surface area contributed by atoms with Gasteiger partial charge in [-0.2, -0.15) is 4.98 Å². The van der Waals surface area contributed by atoms with Gasteiger partial charge in [0.05, 0.1) is 6.54 Å². The third-order valence-electron chi connectivity index (χ3n) is 4.16. The molecule has 0 amide bonds. The highest BCUT2D eigenvalue weighted by Crippen LogP contribution is 2.40. The first-order chi connectivity index (χ1) is 8.65. The van der Waals surface area contributed by atoms with Crippen molar-refractivity contribution in [2.45, 2.75) is 71.0 Å². The fraction of sp³-hybridized carbons (Fsp3) is 0.857. The van der Waals surface area contributed by atoms with E-state index >= 15 is 0 Å². The summed E-state index contributed by atoms with van der Waals surface area (Å²) in [7, 11) is 0. The zero-order chi connectivity index (χ0) is 12.7. The number of aromatic nitrogens is 2. The second-order valence-corrected chi connectivity index (χ2v) is 6.18. The van der Waals surface area contributed by atoms with Crippen molar-refractivity contribution in [3.8, 4) is 0 Å². The van der Waals surface area contributed by atoms with Crippen LogP contribution in [0.25, 0.3) is 0 Å². The number of hydrogen-bond donors (Lipinski definition) is 0. The van der Waals surface area contributed by atoms with Gasteiger partial charge in [0, 0.05) is 18.0 Å². The summed E-state index contributed by atoms with van der Waals surface area (Å²) in [5.41, 5.74) is 0. The second-order valence-electron chi connectivity index (χ2n) is 6.18. The minimum Gasteiger partial charge on any atom is -0.338 e. The maximum Gasteiger partial charge on any atom is 0.240 e. The van der Waals surface area contributed by atoms with Crippen LogP contribution in [0.4, 0.5) is 0 Å². The summed E-state index contributed by atoms with van der Waals surface area (Å²) in [6.45, 7) is 7.39.